The Hall–Kier alpha value is -3.87. The summed E-state index contributed by atoms with van der Waals surface area (Å²) in [4.78, 5) is 17.7. The van der Waals surface area contributed by atoms with Crippen LogP contribution in [-0.2, 0) is 11.3 Å². The topological polar surface area (TPSA) is 85.6 Å². The summed E-state index contributed by atoms with van der Waals surface area (Å²) < 4.78 is 0. The van der Waals surface area contributed by atoms with Gasteiger partial charge in [-0.05, 0) is 29.0 Å². The molecule has 0 atom stereocenters. The molecule has 0 saturated heterocycles. The van der Waals surface area contributed by atoms with Crippen LogP contribution in [0.2, 0.25) is 0 Å². The second kappa shape index (κ2) is 7.57. The van der Waals surface area contributed by atoms with E-state index >= 15 is 0 Å². The lowest BCUT2D eigenvalue weighted by Crippen LogP contribution is -2.20. The smallest absolute Gasteiger partial charge is 0.248 e. The Labute approximate surface area is 155 Å². The minimum atomic E-state index is -0.225. The van der Waals surface area contributed by atoms with Crippen LogP contribution < -0.4 is 5.32 Å². The standard InChI is InChI=1S/C20H16N6O/c27-19(14-26-24-20(23-25-26)16-10-12-21-13-11-16)22-18-9-5-4-8-17(18)15-6-2-1-3-7-15/h1-13H,14H2,(H,22,27). The van der Waals surface area contributed by atoms with Crippen LogP contribution >= 0.6 is 0 Å². The van der Waals surface area contributed by atoms with Gasteiger partial charge in [0.15, 0.2) is 0 Å². The Morgan fingerprint density at radius 3 is 2.44 bits per heavy atom. The van der Waals surface area contributed by atoms with Crippen LogP contribution in [0.15, 0.2) is 79.1 Å². The third kappa shape index (κ3) is 3.87. The van der Waals surface area contributed by atoms with Gasteiger partial charge in [0, 0.05) is 29.2 Å². The maximum Gasteiger partial charge on any atom is 0.248 e. The fourth-order valence-corrected chi connectivity index (χ4v) is 2.71. The molecule has 0 fully saturated rings. The molecule has 0 aliphatic heterocycles. The van der Waals surface area contributed by atoms with Crippen molar-refractivity contribution in [3.05, 3.63) is 79.1 Å². The van der Waals surface area contributed by atoms with Crippen LogP contribution in [0.3, 0.4) is 0 Å². The van der Waals surface area contributed by atoms with E-state index in [9.17, 15) is 4.79 Å². The molecule has 0 radical (unpaired) electrons. The van der Waals surface area contributed by atoms with Crippen molar-refractivity contribution in [1.82, 2.24) is 25.2 Å². The highest BCUT2D eigenvalue weighted by Gasteiger charge is 2.11. The number of hydrogen-bond acceptors (Lipinski definition) is 5. The fraction of sp³-hybridized carbons (Fsp3) is 0.0500. The average Bonchev–Trinajstić information content (AvgIpc) is 3.18. The van der Waals surface area contributed by atoms with Gasteiger partial charge in [-0.3, -0.25) is 9.78 Å². The number of para-hydroxylation sites is 1. The molecule has 0 aliphatic carbocycles. The van der Waals surface area contributed by atoms with Crippen molar-refractivity contribution in [2.45, 2.75) is 6.54 Å². The van der Waals surface area contributed by atoms with Gasteiger partial charge in [-0.25, -0.2) is 0 Å². The molecule has 2 heterocycles. The van der Waals surface area contributed by atoms with Crippen molar-refractivity contribution in [2.24, 2.45) is 0 Å². The van der Waals surface area contributed by atoms with E-state index in [-0.39, 0.29) is 12.5 Å². The zero-order chi connectivity index (χ0) is 18.5. The molecule has 0 saturated carbocycles. The number of nitrogens with zero attached hydrogens (tertiary/aromatic N) is 5. The predicted molar refractivity (Wildman–Crippen MR) is 102 cm³/mol. The van der Waals surface area contributed by atoms with Crippen LogP contribution in [0.5, 0.6) is 0 Å². The first-order chi connectivity index (χ1) is 13.3. The molecule has 4 aromatic rings. The van der Waals surface area contributed by atoms with Crippen molar-refractivity contribution >= 4 is 11.6 Å². The van der Waals surface area contributed by atoms with E-state index in [2.05, 4.69) is 25.7 Å². The lowest BCUT2D eigenvalue weighted by Gasteiger charge is -2.11. The molecule has 1 N–H and O–H groups in total. The highest BCUT2D eigenvalue weighted by atomic mass is 16.2. The number of anilines is 1. The van der Waals surface area contributed by atoms with E-state index in [0.29, 0.717) is 5.82 Å². The summed E-state index contributed by atoms with van der Waals surface area (Å²) >= 11 is 0. The number of benzene rings is 2. The molecule has 132 valence electrons. The molecule has 1 amide bonds. The molecule has 7 nitrogen and oxygen atoms in total. The molecule has 4 rings (SSSR count). The number of carbonyl (C=O) groups excluding carboxylic acids is 1. The number of rotatable bonds is 5. The van der Waals surface area contributed by atoms with Crippen LogP contribution in [0.4, 0.5) is 5.69 Å². The summed E-state index contributed by atoms with van der Waals surface area (Å²) in [5.41, 5.74) is 3.52. The SMILES string of the molecule is O=C(Cn1nnc(-c2ccncc2)n1)Nc1ccccc1-c1ccccc1. The van der Waals surface area contributed by atoms with E-state index in [4.69, 9.17) is 0 Å². The lowest BCUT2D eigenvalue weighted by atomic mass is 10.0. The van der Waals surface area contributed by atoms with Crippen molar-refractivity contribution in [2.75, 3.05) is 5.32 Å². The Balaban J connectivity index is 1.49. The van der Waals surface area contributed by atoms with Crippen molar-refractivity contribution < 1.29 is 4.79 Å². The number of hydrogen-bond donors (Lipinski definition) is 1. The van der Waals surface area contributed by atoms with Crippen molar-refractivity contribution in [3.63, 3.8) is 0 Å². The fourth-order valence-electron chi connectivity index (χ4n) is 2.71. The minimum absolute atomic E-state index is 0.0266. The maximum atomic E-state index is 12.5. The zero-order valence-electron chi connectivity index (χ0n) is 14.4. The number of amides is 1. The Morgan fingerprint density at radius 1 is 0.889 bits per heavy atom. The van der Waals surface area contributed by atoms with Crippen molar-refractivity contribution in [3.8, 4) is 22.5 Å². The van der Waals surface area contributed by atoms with E-state index in [1.807, 2.05) is 54.6 Å². The lowest BCUT2D eigenvalue weighted by molar-refractivity contribution is -0.117. The monoisotopic (exact) mass is 356 g/mol. The molecule has 7 heteroatoms. The Bertz CT molecular complexity index is 1050. The molecule has 2 aromatic carbocycles. The number of aromatic nitrogens is 5. The van der Waals surface area contributed by atoms with Gasteiger partial charge in [-0.1, -0.05) is 48.5 Å². The molecule has 0 spiro atoms. The number of pyridine rings is 1. The highest BCUT2D eigenvalue weighted by Crippen LogP contribution is 2.27. The van der Waals surface area contributed by atoms with E-state index in [0.717, 1.165) is 22.4 Å². The third-order valence-electron chi connectivity index (χ3n) is 3.96. The number of nitrogens with one attached hydrogen (secondary N) is 1. The second-order valence-corrected chi connectivity index (χ2v) is 5.84. The molecule has 2 aromatic heterocycles. The van der Waals surface area contributed by atoms with Gasteiger partial charge in [0.25, 0.3) is 0 Å². The summed E-state index contributed by atoms with van der Waals surface area (Å²) in [6.07, 6.45) is 3.31. The minimum Gasteiger partial charge on any atom is -0.324 e. The van der Waals surface area contributed by atoms with E-state index in [1.54, 1.807) is 24.5 Å². The van der Waals surface area contributed by atoms with Crippen LogP contribution in [0.1, 0.15) is 0 Å². The van der Waals surface area contributed by atoms with Crippen LogP contribution in [0.25, 0.3) is 22.5 Å². The molecule has 27 heavy (non-hydrogen) atoms. The normalized spacial score (nSPS) is 10.5. The average molecular weight is 356 g/mol. The largest absolute Gasteiger partial charge is 0.324 e. The summed E-state index contributed by atoms with van der Waals surface area (Å²) in [5.74, 6) is 0.229. The van der Waals surface area contributed by atoms with Crippen LogP contribution in [0, 0.1) is 0 Å². The van der Waals surface area contributed by atoms with Gasteiger partial charge >= 0.3 is 0 Å². The van der Waals surface area contributed by atoms with Gasteiger partial charge in [0.1, 0.15) is 6.54 Å². The molecule has 0 unspecified atom stereocenters. The predicted octanol–water partition coefficient (Wildman–Crippen LogP) is 3.04. The van der Waals surface area contributed by atoms with Gasteiger partial charge in [-0.2, -0.15) is 4.80 Å². The molecule has 0 bridgehead atoms. The quantitative estimate of drug-likeness (QED) is 0.594. The Morgan fingerprint density at radius 2 is 1.63 bits per heavy atom. The van der Waals surface area contributed by atoms with Gasteiger partial charge in [-0.15, -0.1) is 10.2 Å². The van der Waals surface area contributed by atoms with Gasteiger partial charge in [0.05, 0.1) is 0 Å². The zero-order valence-corrected chi connectivity index (χ0v) is 14.4. The van der Waals surface area contributed by atoms with Crippen molar-refractivity contribution in [1.29, 1.82) is 0 Å². The Kier molecular flexibility index (Phi) is 4.65. The first-order valence-electron chi connectivity index (χ1n) is 8.42. The summed E-state index contributed by atoms with van der Waals surface area (Å²) in [5, 5.41) is 15.1. The van der Waals surface area contributed by atoms with Crippen LogP contribution in [-0.4, -0.2) is 31.1 Å². The third-order valence-corrected chi connectivity index (χ3v) is 3.96. The first kappa shape index (κ1) is 16.6. The van der Waals surface area contributed by atoms with E-state index in [1.165, 1.54) is 4.80 Å². The molecular formula is C20H16N6O. The van der Waals surface area contributed by atoms with Gasteiger partial charge < -0.3 is 5.32 Å². The second-order valence-electron chi connectivity index (χ2n) is 5.84. The summed E-state index contributed by atoms with van der Waals surface area (Å²) in [7, 11) is 0. The maximum absolute atomic E-state index is 12.5. The van der Waals surface area contributed by atoms with E-state index < -0.39 is 0 Å². The van der Waals surface area contributed by atoms with Gasteiger partial charge in [0.2, 0.25) is 11.7 Å². The number of carbonyl (C=O) groups is 1. The first-order valence-corrected chi connectivity index (χ1v) is 8.42. The molecular weight excluding hydrogens is 340 g/mol. The highest BCUT2D eigenvalue weighted by molar-refractivity contribution is 5.95. The summed E-state index contributed by atoms with van der Waals surface area (Å²) in [6.45, 7) is -0.0266. The number of tetrazole rings is 1. The summed E-state index contributed by atoms with van der Waals surface area (Å²) in [6, 6.07) is 21.2. The molecule has 0 aliphatic rings.